The quantitative estimate of drug-likeness (QED) is 0.613. The minimum atomic E-state index is -0.717. The first-order chi connectivity index (χ1) is 15.5. The lowest BCUT2D eigenvalue weighted by Gasteiger charge is -2.22. The molecule has 1 atom stereocenters. The molecule has 1 unspecified atom stereocenters. The number of aromatic nitrogens is 2. The van der Waals surface area contributed by atoms with Gasteiger partial charge in [-0.1, -0.05) is 42.5 Å². The third-order valence-electron chi connectivity index (χ3n) is 5.19. The van der Waals surface area contributed by atoms with Gasteiger partial charge >= 0.3 is 6.09 Å². The minimum Gasteiger partial charge on any atom is -0.497 e. The van der Waals surface area contributed by atoms with Gasteiger partial charge in [0.25, 0.3) is 11.8 Å². The van der Waals surface area contributed by atoms with Crippen molar-refractivity contribution in [2.75, 3.05) is 20.3 Å². The van der Waals surface area contributed by atoms with Crippen molar-refractivity contribution < 1.29 is 23.9 Å². The lowest BCUT2D eigenvalue weighted by Crippen LogP contribution is -2.40. The summed E-state index contributed by atoms with van der Waals surface area (Å²) in [6, 6.07) is 17.6. The summed E-state index contributed by atoms with van der Waals surface area (Å²) in [4.78, 5) is 38.1. The van der Waals surface area contributed by atoms with Crippen molar-refractivity contribution in [2.24, 2.45) is 7.05 Å². The van der Waals surface area contributed by atoms with Gasteiger partial charge in [0, 0.05) is 12.6 Å². The number of amides is 3. The van der Waals surface area contributed by atoms with Crippen molar-refractivity contribution in [3.05, 3.63) is 71.9 Å². The second-order valence-corrected chi connectivity index (χ2v) is 7.27. The van der Waals surface area contributed by atoms with Gasteiger partial charge in [-0.3, -0.25) is 14.3 Å². The molecule has 1 fully saturated rings. The van der Waals surface area contributed by atoms with Gasteiger partial charge in [-0.2, -0.15) is 5.10 Å². The van der Waals surface area contributed by atoms with Crippen LogP contribution in [0.1, 0.15) is 22.1 Å². The SMILES string of the molecule is COc1cccc(-c2cc(C(=O)NC(CN3C(=O)COC3=O)c3ccccc3)n(C)n2)c1. The number of methoxy groups -OCH3 is 1. The summed E-state index contributed by atoms with van der Waals surface area (Å²) in [7, 11) is 3.26. The molecule has 164 valence electrons. The molecule has 9 heteroatoms. The van der Waals surface area contributed by atoms with E-state index in [1.165, 1.54) is 4.68 Å². The zero-order chi connectivity index (χ0) is 22.7. The summed E-state index contributed by atoms with van der Waals surface area (Å²) in [6.45, 7) is -0.325. The Morgan fingerprint density at radius 3 is 2.62 bits per heavy atom. The number of carbonyl (C=O) groups is 3. The van der Waals surface area contributed by atoms with Gasteiger partial charge in [0.15, 0.2) is 6.61 Å². The smallest absolute Gasteiger partial charge is 0.417 e. The molecule has 0 saturated carbocycles. The Hall–Kier alpha value is -4.14. The van der Waals surface area contributed by atoms with Crippen molar-refractivity contribution in [3.63, 3.8) is 0 Å². The Bertz CT molecular complexity index is 1140. The molecule has 2 aromatic carbocycles. The fourth-order valence-electron chi connectivity index (χ4n) is 3.50. The van der Waals surface area contributed by atoms with Crippen molar-refractivity contribution >= 4 is 17.9 Å². The first-order valence-electron chi connectivity index (χ1n) is 9.97. The van der Waals surface area contributed by atoms with E-state index in [0.29, 0.717) is 17.1 Å². The van der Waals surface area contributed by atoms with E-state index in [1.54, 1.807) is 20.2 Å². The van der Waals surface area contributed by atoms with Crippen LogP contribution in [0.5, 0.6) is 5.75 Å². The molecule has 2 heterocycles. The highest BCUT2D eigenvalue weighted by Crippen LogP contribution is 2.24. The van der Waals surface area contributed by atoms with Crippen LogP contribution >= 0.6 is 0 Å². The molecule has 1 N–H and O–H groups in total. The molecule has 1 aromatic heterocycles. The number of ether oxygens (including phenoxy) is 2. The largest absolute Gasteiger partial charge is 0.497 e. The normalized spacial score (nSPS) is 14.2. The van der Waals surface area contributed by atoms with Crippen LogP contribution in [0.4, 0.5) is 4.79 Å². The molecule has 3 amide bonds. The summed E-state index contributed by atoms with van der Waals surface area (Å²) in [5.74, 6) is -0.139. The van der Waals surface area contributed by atoms with Crippen LogP contribution in [0.3, 0.4) is 0 Å². The summed E-state index contributed by atoms with van der Waals surface area (Å²) in [6.07, 6.45) is -0.717. The first-order valence-corrected chi connectivity index (χ1v) is 9.97. The maximum atomic E-state index is 13.1. The molecule has 9 nitrogen and oxygen atoms in total. The van der Waals surface area contributed by atoms with Crippen molar-refractivity contribution in [3.8, 4) is 17.0 Å². The zero-order valence-electron chi connectivity index (χ0n) is 17.6. The Labute approximate surface area is 184 Å². The lowest BCUT2D eigenvalue weighted by molar-refractivity contribution is -0.126. The van der Waals surface area contributed by atoms with Crippen LogP contribution in [0.2, 0.25) is 0 Å². The number of hydrogen-bond acceptors (Lipinski definition) is 6. The monoisotopic (exact) mass is 434 g/mol. The minimum absolute atomic E-state index is 0.0337. The molecule has 1 saturated heterocycles. The lowest BCUT2D eigenvalue weighted by atomic mass is 10.1. The maximum Gasteiger partial charge on any atom is 0.417 e. The summed E-state index contributed by atoms with van der Waals surface area (Å²) >= 11 is 0. The fourth-order valence-corrected chi connectivity index (χ4v) is 3.50. The Morgan fingerprint density at radius 1 is 1.16 bits per heavy atom. The van der Waals surface area contributed by atoms with Crippen LogP contribution in [0, 0.1) is 0 Å². The number of cyclic esters (lactones) is 1. The average molecular weight is 434 g/mol. The van der Waals surface area contributed by atoms with Crippen LogP contribution in [-0.2, 0) is 16.6 Å². The van der Waals surface area contributed by atoms with E-state index in [1.807, 2.05) is 54.6 Å². The van der Waals surface area contributed by atoms with Crippen LogP contribution in [0.15, 0.2) is 60.7 Å². The Kier molecular flexibility index (Phi) is 5.89. The molecule has 0 bridgehead atoms. The highest BCUT2D eigenvalue weighted by atomic mass is 16.6. The van der Waals surface area contributed by atoms with Gasteiger partial charge in [0.1, 0.15) is 11.4 Å². The van der Waals surface area contributed by atoms with Gasteiger partial charge in [-0.15, -0.1) is 0 Å². The van der Waals surface area contributed by atoms with E-state index in [4.69, 9.17) is 9.47 Å². The second-order valence-electron chi connectivity index (χ2n) is 7.27. The molecule has 1 aliphatic heterocycles. The van der Waals surface area contributed by atoms with Crippen LogP contribution in [0.25, 0.3) is 11.3 Å². The van der Waals surface area contributed by atoms with Gasteiger partial charge in [-0.05, 0) is 23.8 Å². The second kappa shape index (κ2) is 8.93. The topological polar surface area (TPSA) is 103 Å². The van der Waals surface area contributed by atoms with Crippen molar-refractivity contribution in [1.82, 2.24) is 20.0 Å². The molecule has 32 heavy (non-hydrogen) atoms. The highest BCUT2D eigenvalue weighted by Gasteiger charge is 2.34. The summed E-state index contributed by atoms with van der Waals surface area (Å²) in [5.41, 5.74) is 2.51. The standard InChI is InChI=1S/C23H22N4O5/c1-26-20(12-18(25-26)16-9-6-10-17(11-16)31-2)22(29)24-19(15-7-4-3-5-8-15)13-27-21(28)14-32-23(27)30/h3-12,19H,13-14H2,1-2H3,(H,24,29). The average Bonchev–Trinajstić information content (AvgIpc) is 3.36. The highest BCUT2D eigenvalue weighted by molar-refractivity contribution is 5.98. The van der Waals surface area contributed by atoms with E-state index < -0.39 is 18.0 Å². The van der Waals surface area contributed by atoms with E-state index >= 15 is 0 Å². The van der Waals surface area contributed by atoms with Crippen molar-refractivity contribution in [1.29, 1.82) is 0 Å². The molecule has 0 radical (unpaired) electrons. The molecule has 0 spiro atoms. The summed E-state index contributed by atoms with van der Waals surface area (Å²) < 4.78 is 11.5. The fraction of sp³-hybridized carbons (Fsp3) is 0.217. The number of hydrogen-bond donors (Lipinski definition) is 1. The number of aryl methyl sites for hydroxylation is 1. The molecule has 1 aliphatic rings. The van der Waals surface area contributed by atoms with Gasteiger partial charge in [-0.25, -0.2) is 9.69 Å². The number of benzene rings is 2. The number of rotatable bonds is 7. The number of nitrogens with one attached hydrogen (secondary N) is 1. The zero-order valence-corrected chi connectivity index (χ0v) is 17.6. The molecule has 0 aliphatic carbocycles. The number of carbonyl (C=O) groups excluding carboxylic acids is 3. The number of imide groups is 1. The Morgan fingerprint density at radius 2 is 1.94 bits per heavy atom. The maximum absolute atomic E-state index is 13.1. The predicted octanol–water partition coefficient (Wildman–Crippen LogP) is 2.55. The van der Waals surface area contributed by atoms with Crippen molar-refractivity contribution in [2.45, 2.75) is 6.04 Å². The van der Waals surface area contributed by atoms with Crippen LogP contribution in [-0.4, -0.2) is 52.8 Å². The summed E-state index contributed by atoms with van der Waals surface area (Å²) in [5, 5.41) is 7.37. The molecule has 4 rings (SSSR count). The number of nitrogens with zero attached hydrogens (tertiary/aromatic N) is 3. The third-order valence-corrected chi connectivity index (χ3v) is 5.19. The predicted molar refractivity (Wildman–Crippen MR) is 115 cm³/mol. The molecular formula is C23H22N4O5. The van der Waals surface area contributed by atoms with Gasteiger partial charge in [0.2, 0.25) is 0 Å². The van der Waals surface area contributed by atoms with Gasteiger partial charge < -0.3 is 14.8 Å². The van der Waals surface area contributed by atoms with E-state index in [9.17, 15) is 14.4 Å². The Balaban J connectivity index is 1.59. The first kappa shape index (κ1) is 21.1. The van der Waals surface area contributed by atoms with Gasteiger partial charge in [0.05, 0.1) is 25.4 Å². The third kappa shape index (κ3) is 4.31. The van der Waals surface area contributed by atoms with E-state index in [2.05, 4.69) is 10.4 Å². The van der Waals surface area contributed by atoms with E-state index in [-0.39, 0.29) is 19.1 Å². The molecular weight excluding hydrogens is 412 g/mol. The molecule has 3 aromatic rings. The van der Waals surface area contributed by atoms with Crippen LogP contribution < -0.4 is 10.1 Å². The van der Waals surface area contributed by atoms with E-state index in [0.717, 1.165) is 16.0 Å².